The van der Waals surface area contributed by atoms with Crippen molar-refractivity contribution < 1.29 is 13.2 Å². The molecule has 3 aromatic rings. The summed E-state index contributed by atoms with van der Waals surface area (Å²) in [6.45, 7) is 0. The lowest BCUT2D eigenvalue weighted by atomic mass is 10.1. The third kappa shape index (κ3) is 2.74. The van der Waals surface area contributed by atoms with Gasteiger partial charge in [-0.2, -0.15) is 13.2 Å². The highest BCUT2D eigenvalue weighted by atomic mass is 32.2. The quantitative estimate of drug-likeness (QED) is 0.591. The number of rotatable bonds is 1. The van der Waals surface area contributed by atoms with Crippen LogP contribution in [0.1, 0.15) is 0 Å². The number of hydrogen-bond acceptors (Lipinski definition) is 2. The second-order valence-electron chi connectivity index (χ2n) is 4.52. The Labute approximate surface area is 122 Å². The molecule has 0 bridgehead atoms. The molecule has 1 nitrogen and oxygen atoms in total. The van der Waals surface area contributed by atoms with Gasteiger partial charge >= 0.3 is 5.51 Å². The van der Waals surface area contributed by atoms with Gasteiger partial charge in [0, 0.05) is 15.7 Å². The molecular weight excluding hydrogens is 297 g/mol. The number of hydrogen-bond donors (Lipinski definition) is 0. The van der Waals surface area contributed by atoms with Gasteiger partial charge in [-0.1, -0.05) is 48.5 Å². The molecule has 0 aromatic heterocycles. The van der Waals surface area contributed by atoms with E-state index in [-0.39, 0.29) is 22.1 Å². The molecule has 0 radical (unpaired) electrons. The monoisotopic (exact) mass is 306 g/mol. The van der Waals surface area contributed by atoms with Gasteiger partial charge in [-0.25, -0.2) is 0 Å². The Morgan fingerprint density at radius 2 is 1.38 bits per heavy atom. The van der Waals surface area contributed by atoms with E-state index in [2.05, 4.69) is 0 Å². The van der Waals surface area contributed by atoms with Gasteiger partial charge < -0.3 is 0 Å². The third-order valence-electron chi connectivity index (χ3n) is 3.15. The molecule has 0 N–H and O–H groups in total. The minimum atomic E-state index is -4.40. The average Bonchev–Trinajstić information content (AvgIpc) is 2.55. The van der Waals surface area contributed by atoms with E-state index in [0.717, 1.165) is 0 Å². The van der Waals surface area contributed by atoms with Gasteiger partial charge in [-0.15, -0.1) is 0 Å². The zero-order valence-electron chi connectivity index (χ0n) is 10.6. The van der Waals surface area contributed by atoms with Crippen molar-refractivity contribution in [3.05, 3.63) is 64.8 Å². The van der Waals surface area contributed by atoms with Gasteiger partial charge in [-0.05, 0) is 28.6 Å². The molecule has 0 saturated heterocycles. The van der Waals surface area contributed by atoms with E-state index in [4.69, 9.17) is 0 Å². The fraction of sp³-hybridized carbons (Fsp3) is 0.0625. The van der Waals surface area contributed by atoms with Crippen LogP contribution in [0.2, 0.25) is 0 Å². The van der Waals surface area contributed by atoms with Crippen LogP contribution in [0.4, 0.5) is 13.2 Å². The summed E-state index contributed by atoms with van der Waals surface area (Å²) in [4.78, 5) is 12.6. The van der Waals surface area contributed by atoms with Crippen molar-refractivity contribution in [2.45, 2.75) is 10.4 Å². The SMILES string of the molecule is O=c1c2ccccc2cc(SC(F)(F)F)c2ccccc12. The van der Waals surface area contributed by atoms with Gasteiger partial charge in [0.15, 0.2) is 5.43 Å². The summed E-state index contributed by atoms with van der Waals surface area (Å²) >= 11 is -0.192. The summed E-state index contributed by atoms with van der Waals surface area (Å²) in [5, 5.41) is 1.54. The van der Waals surface area contributed by atoms with Crippen molar-refractivity contribution in [3.63, 3.8) is 0 Å². The van der Waals surface area contributed by atoms with Crippen LogP contribution in [0.25, 0.3) is 21.5 Å². The molecule has 0 atom stereocenters. The van der Waals surface area contributed by atoms with Crippen LogP contribution in [0.15, 0.2) is 64.3 Å². The molecule has 0 saturated carbocycles. The van der Waals surface area contributed by atoms with E-state index in [0.29, 0.717) is 21.5 Å². The van der Waals surface area contributed by atoms with Crippen molar-refractivity contribution in [3.8, 4) is 0 Å². The van der Waals surface area contributed by atoms with Gasteiger partial charge in [-0.3, -0.25) is 4.79 Å². The van der Waals surface area contributed by atoms with E-state index < -0.39 is 5.51 Å². The first-order chi connectivity index (χ1) is 9.96. The standard InChI is InChI=1S/C16H9F3OS/c17-16(18,19)21-14-9-10-5-1-2-6-11(10)15(20)13-8-4-3-7-12(13)14/h1-9H. The van der Waals surface area contributed by atoms with E-state index >= 15 is 0 Å². The van der Waals surface area contributed by atoms with Crippen molar-refractivity contribution in [1.29, 1.82) is 0 Å². The highest BCUT2D eigenvalue weighted by Gasteiger charge is 2.30. The summed E-state index contributed by atoms with van der Waals surface area (Å²) in [5.74, 6) is 0. The largest absolute Gasteiger partial charge is 0.446 e. The fourth-order valence-corrected chi connectivity index (χ4v) is 3.02. The summed E-state index contributed by atoms with van der Waals surface area (Å²) in [5.41, 5.74) is -4.66. The molecule has 3 aromatic carbocycles. The Morgan fingerprint density at radius 3 is 2.05 bits per heavy atom. The smallest absolute Gasteiger partial charge is 0.289 e. The van der Waals surface area contributed by atoms with Crippen LogP contribution in [0.3, 0.4) is 0 Å². The molecule has 0 aliphatic carbocycles. The lowest BCUT2D eigenvalue weighted by Gasteiger charge is -2.06. The third-order valence-corrected chi connectivity index (χ3v) is 3.94. The minimum absolute atomic E-state index is 0.0383. The maximum Gasteiger partial charge on any atom is 0.446 e. The van der Waals surface area contributed by atoms with Crippen LogP contribution in [0, 0.1) is 0 Å². The minimum Gasteiger partial charge on any atom is -0.289 e. The van der Waals surface area contributed by atoms with E-state index in [1.165, 1.54) is 6.07 Å². The van der Waals surface area contributed by atoms with Gasteiger partial charge in [0.1, 0.15) is 0 Å². The molecule has 0 spiro atoms. The summed E-state index contributed by atoms with van der Waals surface area (Å²) < 4.78 is 38.3. The highest BCUT2D eigenvalue weighted by molar-refractivity contribution is 8.00. The second-order valence-corrected chi connectivity index (χ2v) is 5.63. The van der Waals surface area contributed by atoms with E-state index in [9.17, 15) is 18.0 Å². The molecule has 0 aliphatic heterocycles. The molecule has 0 amide bonds. The lowest BCUT2D eigenvalue weighted by molar-refractivity contribution is -0.0327. The Bertz CT molecular complexity index is 887. The summed E-state index contributed by atoms with van der Waals surface area (Å²) in [6, 6.07) is 14.5. The molecular formula is C16H9F3OS. The Balaban J connectivity index is 2.50. The molecule has 0 unspecified atom stereocenters. The Morgan fingerprint density at radius 1 is 0.810 bits per heavy atom. The van der Waals surface area contributed by atoms with Crippen LogP contribution in [-0.4, -0.2) is 5.51 Å². The van der Waals surface area contributed by atoms with Crippen LogP contribution < -0.4 is 5.43 Å². The first kappa shape index (κ1) is 13.9. The molecule has 21 heavy (non-hydrogen) atoms. The maximum atomic E-state index is 12.8. The number of thioether (sulfide) groups is 1. The van der Waals surface area contributed by atoms with E-state index in [1.54, 1.807) is 48.5 Å². The molecule has 3 rings (SSSR count). The predicted molar refractivity (Wildman–Crippen MR) is 79.6 cm³/mol. The van der Waals surface area contributed by atoms with Gasteiger partial charge in [0.25, 0.3) is 0 Å². The zero-order valence-corrected chi connectivity index (χ0v) is 11.5. The van der Waals surface area contributed by atoms with E-state index in [1.807, 2.05) is 0 Å². The molecule has 5 heteroatoms. The van der Waals surface area contributed by atoms with Crippen molar-refractivity contribution in [2.75, 3.05) is 0 Å². The molecule has 0 aliphatic rings. The Hall–Kier alpha value is -2.01. The first-order valence-corrected chi connectivity index (χ1v) is 6.98. The molecule has 0 heterocycles. The average molecular weight is 306 g/mol. The van der Waals surface area contributed by atoms with Crippen molar-refractivity contribution in [2.24, 2.45) is 0 Å². The fourth-order valence-electron chi connectivity index (χ4n) is 2.30. The molecule has 0 fully saturated rings. The van der Waals surface area contributed by atoms with Crippen LogP contribution in [0.5, 0.6) is 0 Å². The van der Waals surface area contributed by atoms with Crippen LogP contribution in [-0.2, 0) is 0 Å². The van der Waals surface area contributed by atoms with Gasteiger partial charge in [0.2, 0.25) is 0 Å². The number of halogens is 3. The number of alkyl halides is 3. The molecule has 106 valence electrons. The maximum absolute atomic E-state index is 12.8. The van der Waals surface area contributed by atoms with Crippen LogP contribution >= 0.6 is 11.8 Å². The lowest BCUT2D eigenvalue weighted by Crippen LogP contribution is -1.99. The zero-order chi connectivity index (χ0) is 15.0. The van der Waals surface area contributed by atoms with Crippen molar-refractivity contribution in [1.82, 2.24) is 0 Å². The van der Waals surface area contributed by atoms with Gasteiger partial charge in [0.05, 0.1) is 0 Å². The Kier molecular flexibility index (Phi) is 3.37. The number of benzene rings is 2. The highest BCUT2D eigenvalue weighted by Crippen LogP contribution is 2.40. The normalized spacial score (nSPS) is 12.0. The van der Waals surface area contributed by atoms with Crippen molar-refractivity contribution >= 4 is 33.3 Å². The predicted octanol–water partition coefficient (Wildman–Crippen LogP) is 4.97. The number of fused-ring (bicyclic) bond motifs is 2. The first-order valence-electron chi connectivity index (χ1n) is 6.16. The summed E-state index contributed by atoms with van der Waals surface area (Å²) in [6.07, 6.45) is 0. The topological polar surface area (TPSA) is 17.1 Å². The summed E-state index contributed by atoms with van der Waals surface area (Å²) in [7, 11) is 0. The second kappa shape index (κ2) is 5.07.